The van der Waals surface area contributed by atoms with E-state index in [1.54, 1.807) is 16.4 Å². The van der Waals surface area contributed by atoms with Crippen LogP contribution in [0.4, 0.5) is 10.3 Å². The Morgan fingerprint density at radius 1 is 1.21 bits per heavy atom. The molecule has 0 aliphatic carbocycles. The van der Waals surface area contributed by atoms with Crippen LogP contribution >= 0.6 is 0 Å². The molecule has 0 bridgehead atoms. The molecule has 190 valence electrons. The van der Waals surface area contributed by atoms with Gasteiger partial charge < -0.3 is 19.6 Å². The lowest BCUT2D eigenvalue weighted by atomic mass is 9.90. The van der Waals surface area contributed by atoms with E-state index in [4.69, 9.17) is 10.2 Å². The second-order valence-corrected chi connectivity index (χ2v) is 16.7. The highest BCUT2D eigenvalue weighted by molar-refractivity contribution is 6.77. The van der Waals surface area contributed by atoms with Crippen molar-refractivity contribution in [1.29, 1.82) is 0 Å². The zero-order chi connectivity index (χ0) is 25.4. The van der Waals surface area contributed by atoms with Gasteiger partial charge >= 0.3 is 0 Å². The number of carbonyl (C=O) groups is 1. The number of imidazole rings is 1. The average Bonchev–Trinajstić information content (AvgIpc) is 3.03. The lowest BCUT2D eigenvalue weighted by Crippen LogP contribution is -2.50. The standard InChI is InChI=1S/C26H43FN4O2Si/c1-17(2)34(18(3)4,19(5)6)33-16-26(7,27)15-31-23-12-11-20(14-22(23)29-25(31)28)21-10-9-13-30(8)24(21)32/h11-12,14,17-19,21H,9-10,13,15-16H2,1-8H3,(H2,28,29)/t21?,26-/m0/s1. The van der Waals surface area contributed by atoms with E-state index in [1.807, 2.05) is 25.2 Å². The monoisotopic (exact) mass is 490 g/mol. The summed E-state index contributed by atoms with van der Waals surface area (Å²) in [7, 11) is -0.330. The van der Waals surface area contributed by atoms with Crippen LogP contribution in [0, 0.1) is 0 Å². The molecule has 2 heterocycles. The maximum Gasteiger partial charge on any atom is 0.229 e. The molecular weight excluding hydrogens is 447 g/mol. The summed E-state index contributed by atoms with van der Waals surface area (Å²) in [4.78, 5) is 18.9. The van der Waals surface area contributed by atoms with Crippen molar-refractivity contribution >= 4 is 31.2 Å². The zero-order valence-electron chi connectivity index (χ0n) is 22.2. The van der Waals surface area contributed by atoms with E-state index in [-0.39, 0.29) is 30.9 Å². The molecule has 0 saturated carbocycles. The second-order valence-electron chi connectivity index (χ2n) is 11.3. The number of nitrogens with zero attached hydrogens (tertiary/aromatic N) is 3. The molecule has 34 heavy (non-hydrogen) atoms. The first-order chi connectivity index (χ1) is 15.8. The molecule has 1 saturated heterocycles. The molecule has 0 spiro atoms. The van der Waals surface area contributed by atoms with Crippen LogP contribution in [0.3, 0.4) is 0 Å². The van der Waals surface area contributed by atoms with Gasteiger partial charge in [-0.25, -0.2) is 9.37 Å². The topological polar surface area (TPSA) is 73.4 Å². The number of hydrogen-bond donors (Lipinski definition) is 1. The number of halogens is 1. The van der Waals surface area contributed by atoms with Crippen LogP contribution in [-0.2, 0) is 15.8 Å². The van der Waals surface area contributed by atoms with Crippen LogP contribution in [0.1, 0.15) is 72.8 Å². The Morgan fingerprint density at radius 2 is 1.82 bits per heavy atom. The van der Waals surface area contributed by atoms with Gasteiger partial charge in [0, 0.05) is 13.6 Å². The number of amides is 1. The van der Waals surface area contributed by atoms with Crippen molar-refractivity contribution in [3.8, 4) is 0 Å². The van der Waals surface area contributed by atoms with Gasteiger partial charge in [0.2, 0.25) is 11.9 Å². The van der Waals surface area contributed by atoms with E-state index in [1.165, 1.54) is 0 Å². The molecular formula is C26H43FN4O2Si. The summed E-state index contributed by atoms with van der Waals surface area (Å²) in [6, 6.07) is 5.81. The molecule has 1 aliphatic heterocycles. The molecule has 3 rings (SSSR count). The molecule has 2 N–H and O–H groups in total. The fourth-order valence-corrected chi connectivity index (χ4v) is 11.6. The largest absolute Gasteiger partial charge is 0.413 e. The van der Waals surface area contributed by atoms with Gasteiger partial charge in [0.25, 0.3) is 0 Å². The number of piperidine rings is 1. The highest BCUT2D eigenvalue weighted by Gasteiger charge is 2.46. The lowest BCUT2D eigenvalue weighted by Gasteiger charge is -2.43. The van der Waals surface area contributed by atoms with E-state index >= 15 is 4.39 Å². The third-order valence-electron chi connectivity index (χ3n) is 7.68. The Kier molecular flexibility index (Phi) is 7.82. The molecule has 6 nitrogen and oxygen atoms in total. The molecule has 1 amide bonds. The SMILES string of the molecule is CC(C)[Si](OC[C@@](C)(F)Cn1c(N)nc2cc(C3CCCN(C)C3=O)ccc21)(C(C)C)C(C)C. The van der Waals surface area contributed by atoms with Crippen LogP contribution in [0.2, 0.25) is 16.6 Å². The Morgan fingerprint density at radius 3 is 2.41 bits per heavy atom. The number of likely N-dealkylation sites (tertiary alicyclic amines) is 1. The number of hydrogen-bond acceptors (Lipinski definition) is 4. The van der Waals surface area contributed by atoms with Crippen LogP contribution in [0.15, 0.2) is 18.2 Å². The first kappa shape index (κ1) is 26.7. The van der Waals surface area contributed by atoms with E-state index in [0.717, 1.165) is 30.5 Å². The number of nitrogens with two attached hydrogens (primary N) is 1. The third-order valence-corrected chi connectivity index (χ3v) is 13.7. The minimum Gasteiger partial charge on any atom is -0.413 e. The number of likely N-dealkylation sites (N-methyl/N-ethyl adjacent to an activating group) is 1. The van der Waals surface area contributed by atoms with Gasteiger partial charge in [-0.3, -0.25) is 4.79 Å². The van der Waals surface area contributed by atoms with E-state index < -0.39 is 14.0 Å². The summed E-state index contributed by atoms with van der Waals surface area (Å²) in [6.45, 7) is 15.7. The predicted octanol–water partition coefficient (Wildman–Crippen LogP) is 5.87. The molecule has 1 unspecified atom stereocenters. The van der Waals surface area contributed by atoms with Crippen molar-refractivity contribution in [2.45, 2.75) is 96.1 Å². The van der Waals surface area contributed by atoms with Crippen LogP contribution < -0.4 is 5.73 Å². The fraction of sp³-hybridized carbons (Fsp3) is 0.692. The molecule has 0 radical (unpaired) electrons. The second kappa shape index (κ2) is 9.97. The van der Waals surface area contributed by atoms with Crippen molar-refractivity contribution in [3.05, 3.63) is 23.8 Å². The number of anilines is 1. The van der Waals surface area contributed by atoms with E-state index in [2.05, 4.69) is 46.5 Å². The highest BCUT2D eigenvalue weighted by Crippen LogP contribution is 2.43. The molecule has 2 atom stereocenters. The maximum atomic E-state index is 15.9. The number of carbonyl (C=O) groups excluding carboxylic acids is 1. The molecule has 1 aromatic heterocycles. The zero-order valence-corrected chi connectivity index (χ0v) is 23.2. The molecule has 8 heteroatoms. The van der Waals surface area contributed by atoms with Gasteiger partial charge in [0.15, 0.2) is 8.32 Å². The van der Waals surface area contributed by atoms with Gasteiger partial charge in [-0.15, -0.1) is 0 Å². The minimum atomic E-state index is -2.18. The third kappa shape index (κ3) is 5.03. The Labute approximate surface area is 205 Å². The maximum absolute atomic E-state index is 15.9. The van der Waals surface area contributed by atoms with Crippen molar-refractivity contribution < 1.29 is 13.6 Å². The smallest absolute Gasteiger partial charge is 0.229 e. The Bertz CT molecular complexity index is 996. The lowest BCUT2D eigenvalue weighted by molar-refractivity contribution is -0.133. The first-order valence-electron chi connectivity index (χ1n) is 12.6. The van der Waals surface area contributed by atoms with Gasteiger partial charge in [0.1, 0.15) is 5.67 Å². The summed E-state index contributed by atoms with van der Waals surface area (Å²) in [5, 5.41) is 0. The van der Waals surface area contributed by atoms with E-state index in [0.29, 0.717) is 22.1 Å². The normalized spacial score (nSPS) is 19.6. The molecule has 1 aliphatic rings. The highest BCUT2D eigenvalue weighted by atomic mass is 28.4. The van der Waals surface area contributed by atoms with Gasteiger partial charge in [-0.2, -0.15) is 0 Å². The van der Waals surface area contributed by atoms with Crippen LogP contribution in [-0.4, -0.2) is 54.5 Å². The summed E-state index contributed by atoms with van der Waals surface area (Å²) >= 11 is 0. The summed E-state index contributed by atoms with van der Waals surface area (Å²) in [5.74, 6) is 0.262. The van der Waals surface area contributed by atoms with Gasteiger partial charge in [0.05, 0.1) is 30.1 Å². The number of alkyl halides is 1. The summed E-state index contributed by atoms with van der Waals surface area (Å²) in [6.07, 6.45) is 1.81. The van der Waals surface area contributed by atoms with Crippen molar-refractivity contribution in [3.63, 3.8) is 0 Å². The number of aromatic nitrogens is 2. The predicted molar refractivity (Wildman–Crippen MR) is 140 cm³/mol. The van der Waals surface area contributed by atoms with Gasteiger partial charge in [-0.05, 0) is 54.1 Å². The molecule has 1 aromatic carbocycles. The van der Waals surface area contributed by atoms with Crippen molar-refractivity contribution in [2.24, 2.45) is 0 Å². The quantitative estimate of drug-likeness (QED) is 0.446. The van der Waals surface area contributed by atoms with Crippen molar-refractivity contribution in [1.82, 2.24) is 14.5 Å². The van der Waals surface area contributed by atoms with Gasteiger partial charge in [-0.1, -0.05) is 47.6 Å². The number of fused-ring (bicyclic) bond motifs is 1. The molecule has 1 fully saturated rings. The Balaban J connectivity index is 1.83. The summed E-state index contributed by atoms with van der Waals surface area (Å²) in [5.41, 5.74) is 8.24. The van der Waals surface area contributed by atoms with Crippen LogP contribution in [0.5, 0.6) is 0 Å². The first-order valence-corrected chi connectivity index (χ1v) is 14.8. The fourth-order valence-electron chi connectivity index (χ4n) is 6.04. The average molecular weight is 491 g/mol. The summed E-state index contributed by atoms with van der Waals surface area (Å²) < 4.78 is 24.2. The minimum absolute atomic E-state index is 0.0356. The Hall–Kier alpha value is -1.93. The number of rotatable bonds is 9. The van der Waals surface area contributed by atoms with Crippen molar-refractivity contribution in [2.75, 3.05) is 25.9 Å². The van der Waals surface area contributed by atoms with Crippen LogP contribution in [0.25, 0.3) is 11.0 Å². The van der Waals surface area contributed by atoms with E-state index in [9.17, 15) is 4.79 Å². The molecule has 2 aromatic rings. The number of benzene rings is 1. The number of nitrogen functional groups attached to an aromatic ring is 1.